The van der Waals surface area contributed by atoms with Crippen LogP contribution in [0.15, 0.2) is 49.1 Å². The lowest BCUT2D eigenvalue weighted by Crippen LogP contribution is -2.31. The summed E-state index contributed by atoms with van der Waals surface area (Å²) < 4.78 is 5.19. The van der Waals surface area contributed by atoms with Crippen LogP contribution in [0.1, 0.15) is 22.0 Å². The second-order valence-electron chi connectivity index (χ2n) is 4.96. The van der Waals surface area contributed by atoms with E-state index >= 15 is 0 Å². The lowest BCUT2D eigenvalue weighted by atomic mass is 10.2. The first kappa shape index (κ1) is 14.8. The van der Waals surface area contributed by atoms with Gasteiger partial charge in [0.25, 0.3) is 5.91 Å². The molecule has 0 spiro atoms. The molecule has 118 valence electrons. The lowest BCUT2D eigenvalue weighted by Gasteiger charge is -2.21. The largest absolute Gasteiger partial charge is 0.497 e. The molecule has 2 aromatic heterocycles. The first-order valence-corrected chi connectivity index (χ1v) is 7.16. The first-order chi connectivity index (χ1) is 11.3. The number of amides is 1. The molecule has 0 saturated carbocycles. The predicted octanol–water partition coefficient (Wildman–Crippen LogP) is 1.98. The van der Waals surface area contributed by atoms with E-state index in [9.17, 15) is 4.79 Å². The Morgan fingerprint density at radius 3 is 2.30 bits per heavy atom. The Bertz CT molecular complexity index is 716. The highest BCUT2D eigenvalue weighted by Crippen LogP contribution is 2.16. The maximum Gasteiger partial charge on any atom is 0.254 e. The van der Waals surface area contributed by atoms with E-state index in [1.54, 1.807) is 61.1 Å². The van der Waals surface area contributed by atoms with E-state index in [4.69, 9.17) is 4.74 Å². The number of ether oxygens (including phenoxy) is 1. The van der Waals surface area contributed by atoms with Crippen molar-refractivity contribution < 1.29 is 9.53 Å². The Morgan fingerprint density at radius 2 is 1.78 bits per heavy atom. The Morgan fingerprint density at radius 1 is 1.13 bits per heavy atom. The molecule has 3 aromatic rings. The van der Waals surface area contributed by atoms with Crippen LogP contribution in [-0.4, -0.2) is 37.9 Å². The second-order valence-corrected chi connectivity index (χ2v) is 4.96. The standard InChI is InChI=1S/C16H17N5O2/c1-23-13-4-2-3-12(9-13)16(22)21(10-14-17-5-6-18-14)11-15-19-7-8-20-15/h2-9H,10-11H2,1H3,(H,17,18)(H,19,20). The van der Waals surface area contributed by atoms with Crippen LogP contribution >= 0.6 is 0 Å². The highest BCUT2D eigenvalue weighted by Gasteiger charge is 2.19. The molecule has 0 unspecified atom stereocenters. The molecule has 0 aliphatic carbocycles. The molecule has 0 fully saturated rings. The lowest BCUT2D eigenvalue weighted by molar-refractivity contribution is 0.0721. The number of carbonyl (C=O) groups excluding carboxylic acids is 1. The number of aromatic nitrogens is 4. The minimum Gasteiger partial charge on any atom is -0.497 e. The molecule has 0 bridgehead atoms. The molecule has 1 aromatic carbocycles. The van der Waals surface area contributed by atoms with E-state index in [0.717, 1.165) is 0 Å². The van der Waals surface area contributed by atoms with E-state index in [0.29, 0.717) is 36.1 Å². The summed E-state index contributed by atoms with van der Waals surface area (Å²) in [5, 5.41) is 0. The number of benzene rings is 1. The third kappa shape index (κ3) is 3.57. The zero-order valence-electron chi connectivity index (χ0n) is 12.7. The normalized spacial score (nSPS) is 10.5. The zero-order valence-corrected chi connectivity index (χ0v) is 12.7. The molecule has 7 heteroatoms. The van der Waals surface area contributed by atoms with Crippen molar-refractivity contribution >= 4 is 5.91 Å². The molecule has 1 amide bonds. The summed E-state index contributed by atoms with van der Waals surface area (Å²) >= 11 is 0. The van der Waals surface area contributed by atoms with Crippen LogP contribution in [0, 0.1) is 0 Å². The molecule has 7 nitrogen and oxygen atoms in total. The van der Waals surface area contributed by atoms with Gasteiger partial charge >= 0.3 is 0 Å². The number of imidazole rings is 2. The van der Waals surface area contributed by atoms with Crippen molar-refractivity contribution in [1.29, 1.82) is 0 Å². The van der Waals surface area contributed by atoms with Crippen LogP contribution < -0.4 is 4.74 Å². The topological polar surface area (TPSA) is 86.9 Å². The van der Waals surface area contributed by atoms with Crippen LogP contribution in [0.4, 0.5) is 0 Å². The van der Waals surface area contributed by atoms with Gasteiger partial charge in [-0.3, -0.25) is 4.79 Å². The van der Waals surface area contributed by atoms with Gasteiger partial charge in [-0.1, -0.05) is 6.07 Å². The second kappa shape index (κ2) is 6.78. The molecule has 0 radical (unpaired) electrons. The molecule has 0 aliphatic heterocycles. The minimum atomic E-state index is -0.114. The summed E-state index contributed by atoms with van der Waals surface area (Å²) in [6, 6.07) is 7.09. The number of carbonyl (C=O) groups is 1. The maximum absolute atomic E-state index is 12.9. The van der Waals surface area contributed by atoms with Crippen molar-refractivity contribution in [2.75, 3.05) is 7.11 Å². The van der Waals surface area contributed by atoms with Gasteiger partial charge in [0.15, 0.2) is 0 Å². The molecule has 2 N–H and O–H groups in total. The Hall–Kier alpha value is -3.09. The number of hydrogen-bond acceptors (Lipinski definition) is 4. The van der Waals surface area contributed by atoms with E-state index in [1.807, 2.05) is 0 Å². The van der Waals surface area contributed by atoms with Gasteiger partial charge < -0.3 is 19.6 Å². The number of rotatable bonds is 6. The van der Waals surface area contributed by atoms with Crippen LogP contribution in [0.3, 0.4) is 0 Å². The van der Waals surface area contributed by atoms with Gasteiger partial charge in [0.2, 0.25) is 0 Å². The quantitative estimate of drug-likeness (QED) is 0.729. The van der Waals surface area contributed by atoms with E-state index < -0.39 is 0 Å². The average molecular weight is 311 g/mol. The van der Waals surface area contributed by atoms with Crippen LogP contribution in [0.5, 0.6) is 5.75 Å². The third-order valence-corrected chi connectivity index (χ3v) is 3.39. The van der Waals surface area contributed by atoms with Crippen molar-refractivity contribution in [2.45, 2.75) is 13.1 Å². The van der Waals surface area contributed by atoms with Gasteiger partial charge in [-0.05, 0) is 18.2 Å². The average Bonchev–Trinajstić information content (AvgIpc) is 3.27. The molecular weight excluding hydrogens is 294 g/mol. The minimum absolute atomic E-state index is 0.114. The summed E-state index contributed by atoms with van der Waals surface area (Å²) in [5.74, 6) is 1.96. The number of hydrogen-bond donors (Lipinski definition) is 2. The molecule has 0 aliphatic rings. The van der Waals surface area contributed by atoms with Crippen LogP contribution in [-0.2, 0) is 13.1 Å². The fourth-order valence-electron chi connectivity index (χ4n) is 2.27. The molecule has 0 atom stereocenters. The Kier molecular flexibility index (Phi) is 4.37. The van der Waals surface area contributed by atoms with Gasteiger partial charge in [-0.25, -0.2) is 9.97 Å². The number of H-pyrrole nitrogens is 2. The van der Waals surface area contributed by atoms with Crippen molar-refractivity contribution in [3.63, 3.8) is 0 Å². The zero-order chi connectivity index (χ0) is 16.1. The van der Waals surface area contributed by atoms with Crippen LogP contribution in [0.2, 0.25) is 0 Å². The van der Waals surface area contributed by atoms with Crippen molar-refractivity contribution in [2.24, 2.45) is 0 Å². The fraction of sp³-hybridized carbons (Fsp3) is 0.188. The summed E-state index contributed by atoms with van der Waals surface area (Å²) in [7, 11) is 1.58. The Balaban J connectivity index is 1.84. The highest BCUT2D eigenvalue weighted by molar-refractivity contribution is 5.94. The van der Waals surface area contributed by atoms with E-state index in [1.165, 1.54) is 0 Å². The summed E-state index contributed by atoms with van der Waals surface area (Å²) in [6.45, 7) is 0.730. The van der Waals surface area contributed by atoms with Crippen molar-refractivity contribution in [3.8, 4) is 5.75 Å². The maximum atomic E-state index is 12.9. The number of aromatic amines is 2. The van der Waals surface area contributed by atoms with Crippen LogP contribution in [0.25, 0.3) is 0 Å². The van der Waals surface area contributed by atoms with Gasteiger partial charge in [-0.15, -0.1) is 0 Å². The number of nitrogens with zero attached hydrogens (tertiary/aromatic N) is 3. The SMILES string of the molecule is COc1cccc(C(=O)N(Cc2ncc[nH]2)Cc2ncc[nH]2)c1. The van der Waals surface area contributed by atoms with Crippen molar-refractivity contribution in [1.82, 2.24) is 24.8 Å². The molecular formula is C16H17N5O2. The van der Waals surface area contributed by atoms with E-state index in [-0.39, 0.29) is 5.91 Å². The smallest absolute Gasteiger partial charge is 0.254 e. The fourth-order valence-corrected chi connectivity index (χ4v) is 2.27. The molecule has 23 heavy (non-hydrogen) atoms. The molecule has 3 rings (SSSR count). The number of nitrogens with one attached hydrogen (secondary N) is 2. The number of methoxy groups -OCH3 is 1. The third-order valence-electron chi connectivity index (χ3n) is 3.39. The molecule has 0 saturated heterocycles. The summed E-state index contributed by atoms with van der Waals surface area (Å²) in [6.07, 6.45) is 6.79. The van der Waals surface area contributed by atoms with Gasteiger partial charge in [0.05, 0.1) is 20.2 Å². The Labute approximate surface area is 133 Å². The van der Waals surface area contributed by atoms with Gasteiger partial charge in [-0.2, -0.15) is 0 Å². The van der Waals surface area contributed by atoms with E-state index in [2.05, 4.69) is 19.9 Å². The summed E-state index contributed by atoms with van der Waals surface area (Å²) in [5.41, 5.74) is 0.558. The molecule has 2 heterocycles. The predicted molar refractivity (Wildman–Crippen MR) is 83.7 cm³/mol. The van der Waals surface area contributed by atoms with Crippen molar-refractivity contribution in [3.05, 3.63) is 66.3 Å². The van der Waals surface area contributed by atoms with Gasteiger partial charge in [0, 0.05) is 30.4 Å². The van der Waals surface area contributed by atoms with Gasteiger partial charge in [0.1, 0.15) is 17.4 Å². The highest BCUT2D eigenvalue weighted by atomic mass is 16.5. The summed E-state index contributed by atoms with van der Waals surface area (Å²) in [4.78, 5) is 28.9. The monoisotopic (exact) mass is 311 g/mol. The first-order valence-electron chi connectivity index (χ1n) is 7.16.